The number of aromatic nitrogens is 2. The molecule has 3 rings (SSSR count). The first-order valence-electron chi connectivity index (χ1n) is 8.40. The number of hydrogen-bond donors (Lipinski definition) is 1. The molecule has 0 aliphatic carbocycles. The summed E-state index contributed by atoms with van der Waals surface area (Å²) in [6.07, 6.45) is 2.94. The van der Waals surface area contributed by atoms with Gasteiger partial charge >= 0.3 is 0 Å². The summed E-state index contributed by atoms with van der Waals surface area (Å²) in [4.78, 5) is 10.7. The molecule has 0 unspecified atom stereocenters. The van der Waals surface area contributed by atoms with Crippen molar-refractivity contribution in [1.82, 2.24) is 9.97 Å². The molecular formula is C17H22N4O4S. The van der Waals surface area contributed by atoms with Gasteiger partial charge in [-0.2, -0.15) is 0 Å². The summed E-state index contributed by atoms with van der Waals surface area (Å²) in [6, 6.07) is 4.75. The smallest absolute Gasteiger partial charge is 0.262 e. The van der Waals surface area contributed by atoms with E-state index in [4.69, 9.17) is 9.47 Å². The number of hydrogen-bond acceptors (Lipinski definition) is 7. The van der Waals surface area contributed by atoms with Crippen LogP contribution in [0.3, 0.4) is 0 Å². The largest absolute Gasteiger partial charge is 0.494 e. The van der Waals surface area contributed by atoms with Crippen molar-refractivity contribution in [3.05, 3.63) is 36.2 Å². The molecule has 140 valence electrons. The fourth-order valence-electron chi connectivity index (χ4n) is 2.62. The Morgan fingerprint density at radius 2 is 1.92 bits per heavy atom. The maximum atomic E-state index is 12.6. The van der Waals surface area contributed by atoms with Crippen molar-refractivity contribution in [2.75, 3.05) is 42.5 Å². The van der Waals surface area contributed by atoms with Crippen molar-refractivity contribution >= 4 is 21.7 Å². The van der Waals surface area contributed by atoms with E-state index in [9.17, 15) is 8.42 Å². The second-order valence-electron chi connectivity index (χ2n) is 5.84. The van der Waals surface area contributed by atoms with E-state index in [1.165, 1.54) is 18.5 Å². The summed E-state index contributed by atoms with van der Waals surface area (Å²) in [5, 5.41) is 0. The highest BCUT2D eigenvalue weighted by molar-refractivity contribution is 7.92. The molecule has 26 heavy (non-hydrogen) atoms. The summed E-state index contributed by atoms with van der Waals surface area (Å²) in [7, 11) is -3.72. The average Bonchev–Trinajstić information content (AvgIpc) is 2.64. The van der Waals surface area contributed by atoms with E-state index in [2.05, 4.69) is 14.7 Å². The van der Waals surface area contributed by atoms with Crippen molar-refractivity contribution < 1.29 is 17.9 Å². The van der Waals surface area contributed by atoms with E-state index in [1.807, 2.05) is 18.7 Å². The molecule has 0 radical (unpaired) electrons. The van der Waals surface area contributed by atoms with Crippen molar-refractivity contribution in [2.45, 2.75) is 18.7 Å². The fourth-order valence-corrected chi connectivity index (χ4v) is 3.73. The van der Waals surface area contributed by atoms with Gasteiger partial charge in [0.25, 0.3) is 10.0 Å². The first kappa shape index (κ1) is 18.4. The van der Waals surface area contributed by atoms with E-state index in [0.29, 0.717) is 37.2 Å². The average molecular weight is 378 g/mol. The minimum absolute atomic E-state index is 0.163. The molecule has 1 N–H and O–H groups in total. The molecule has 0 spiro atoms. The van der Waals surface area contributed by atoms with Gasteiger partial charge in [-0.15, -0.1) is 0 Å². The zero-order valence-electron chi connectivity index (χ0n) is 14.8. The van der Waals surface area contributed by atoms with Crippen molar-refractivity contribution in [2.24, 2.45) is 0 Å². The fraction of sp³-hybridized carbons (Fsp3) is 0.412. The molecule has 2 heterocycles. The van der Waals surface area contributed by atoms with Gasteiger partial charge < -0.3 is 14.4 Å². The van der Waals surface area contributed by atoms with Crippen LogP contribution in [0.15, 0.2) is 35.5 Å². The highest BCUT2D eigenvalue weighted by Crippen LogP contribution is 2.23. The van der Waals surface area contributed by atoms with Gasteiger partial charge in [-0.05, 0) is 37.6 Å². The predicted molar refractivity (Wildman–Crippen MR) is 98.2 cm³/mol. The summed E-state index contributed by atoms with van der Waals surface area (Å²) in [6.45, 7) is 6.92. The Bertz CT molecular complexity index is 850. The second-order valence-corrected chi connectivity index (χ2v) is 7.52. The Hall–Kier alpha value is -2.39. The van der Waals surface area contributed by atoms with Crippen LogP contribution < -0.4 is 14.4 Å². The van der Waals surface area contributed by atoms with Crippen LogP contribution in [0.2, 0.25) is 0 Å². The Kier molecular flexibility index (Phi) is 5.58. The molecule has 0 amide bonds. The Labute approximate surface area is 153 Å². The number of anilines is 2. The summed E-state index contributed by atoms with van der Waals surface area (Å²) >= 11 is 0. The Morgan fingerprint density at radius 3 is 2.54 bits per heavy atom. The van der Waals surface area contributed by atoms with E-state index >= 15 is 0 Å². The van der Waals surface area contributed by atoms with Gasteiger partial charge in [0.15, 0.2) is 0 Å². The molecule has 8 nitrogen and oxygen atoms in total. The maximum absolute atomic E-state index is 12.6. The van der Waals surface area contributed by atoms with Crippen LogP contribution in [0, 0.1) is 6.92 Å². The van der Waals surface area contributed by atoms with Crippen LogP contribution in [-0.4, -0.2) is 51.3 Å². The third kappa shape index (κ3) is 4.23. The van der Waals surface area contributed by atoms with Gasteiger partial charge in [-0.1, -0.05) is 0 Å². The summed E-state index contributed by atoms with van der Waals surface area (Å²) < 4.78 is 38.4. The normalized spacial score (nSPS) is 14.9. The third-order valence-corrected chi connectivity index (χ3v) is 5.32. The number of morpholine rings is 1. The number of ether oxygens (including phenoxy) is 2. The Morgan fingerprint density at radius 1 is 1.23 bits per heavy atom. The molecule has 1 aliphatic rings. The SMILES string of the molecule is CCOc1ccc(S(=O)(=O)Nc2cnc(N3CCOCC3)nc2)cc1C. The lowest BCUT2D eigenvalue weighted by molar-refractivity contribution is 0.122. The number of aryl methyl sites for hydroxylation is 1. The minimum Gasteiger partial charge on any atom is -0.494 e. The Balaban J connectivity index is 1.73. The first-order chi connectivity index (χ1) is 12.5. The topological polar surface area (TPSA) is 93.7 Å². The van der Waals surface area contributed by atoms with Crippen LogP contribution in [-0.2, 0) is 14.8 Å². The van der Waals surface area contributed by atoms with Crippen molar-refractivity contribution in [1.29, 1.82) is 0 Å². The van der Waals surface area contributed by atoms with Crippen molar-refractivity contribution in [3.63, 3.8) is 0 Å². The maximum Gasteiger partial charge on any atom is 0.262 e. The number of nitrogens with one attached hydrogen (secondary N) is 1. The van der Waals surface area contributed by atoms with Crippen LogP contribution in [0.5, 0.6) is 5.75 Å². The molecular weight excluding hydrogens is 356 g/mol. The molecule has 9 heteroatoms. The quantitative estimate of drug-likeness (QED) is 0.819. The number of nitrogens with zero attached hydrogens (tertiary/aromatic N) is 3. The van der Waals surface area contributed by atoms with E-state index in [-0.39, 0.29) is 4.90 Å². The van der Waals surface area contributed by atoms with Gasteiger partial charge in [-0.3, -0.25) is 4.72 Å². The number of sulfonamides is 1. The first-order valence-corrected chi connectivity index (χ1v) is 9.89. The molecule has 0 saturated carbocycles. The highest BCUT2D eigenvalue weighted by atomic mass is 32.2. The molecule has 0 atom stereocenters. The summed E-state index contributed by atoms with van der Waals surface area (Å²) in [5.74, 6) is 1.23. The van der Waals surface area contributed by atoms with E-state index in [1.54, 1.807) is 12.1 Å². The molecule has 1 aliphatic heterocycles. The van der Waals surface area contributed by atoms with Gasteiger partial charge in [-0.25, -0.2) is 18.4 Å². The zero-order chi connectivity index (χ0) is 18.6. The molecule has 1 saturated heterocycles. The lowest BCUT2D eigenvalue weighted by atomic mass is 10.2. The lowest BCUT2D eigenvalue weighted by Gasteiger charge is -2.26. The predicted octanol–water partition coefficient (Wildman–Crippen LogP) is 1.82. The van der Waals surface area contributed by atoms with Gasteiger partial charge in [0.1, 0.15) is 5.75 Å². The summed E-state index contributed by atoms with van der Waals surface area (Å²) in [5.41, 5.74) is 1.07. The van der Waals surface area contributed by atoms with Gasteiger partial charge in [0.05, 0.1) is 42.8 Å². The molecule has 1 fully saturated rings. The molecule has 1 aromatic carbocycles. The van der Waals surface area contributed by atoms with Crippen molar-refractivity contribution in [3.8, 4) is 5.75 Å². The minimum atomic E-state index is -3.72. The standard InChI is InChI=1S/C17H22N4O4S/c1-3-25-16-5-4-15(10-13(16)2)26(22,23)20-14-11-18-17(19-12-14)21-6-8-24-9-7-21/h4-5,10-12,20H,3,6-9H2,1-2H3. The van der Waals surface area contributed by atoms with Crippen LogP contribution >= 0.6 is 0 Å². The van der Waals surface area contributed by atoms with E-state index in [0.717, 1.165) is 18.7 Å². The molecule has 2 aromatic rings. The van der Waals surface area contributed by atoms with Crippen LogP contribution in [0.1, 0.15) is 12.5 Å². The zero-order valence-corrected chi connectivity index (χ0v) is 15.6. The molecule has 0 bridgehead atoms. The number of rotatable bonds is 6. The third-order valence-electron chi connectivity index (χ3n) is 3.94. The van der Waals surface area contributed by atoms with E-state index < -0.39 is 10.0 Å². The van der Waals surface area contributed by atoms with Crippen LogP contribution in [0.4, 0.5) is 11.6 Å². The molecule has 1 aromatic heterocycles. The monoisotopic (exact) mass is 378 g/mol. The lowest BCUT2D eigenvalue weighted by Crippen LogP contribution is -2.37. The highest BCUT2D eigenvalue weighted by Gasteiger charge is 2.17. The number of benzene rings is 1. The van der Waals surface area contributed by atoms with Gasteiger partial charge in [0.2, 0.25) is 5.95 Å². The van der Waals surface area contributed by atoms with Gasteiger partial charge in [0, 0.05) is 13.1 Å². The van der Waals surface area contributed by atoms with Crippen LogP contribution in [0.25, 0.3) is 0 Å². The second kappa shape index (κ2) is 7.88.